The summed E-state index contributed by atoms with van der Waals surface area (Å²) in [7, 11) is 1.41. The molecule has 0 radical (unpaired) electrons. The molecule has 0 aromatic heterocycles. The Morgan fingerprint density at radius 1 is 1.00 bits per heavy atom. The number of hydrogen-bond acceptors (Lipinski definition) is 4. The molecule has 2 amide bonds. The first-order valence-electron chi connectivity index (χ1n) is 7.78. The lowest BCUT2D eigenvalue weighted by molar-refractivity contribution is -0.436. The fourth-order valence-electron chi connectivity index (χ4n) is 2.71. The molecule has 1 aliphatic heterocycles. The van der Waals surface area contributed by atoms with Gasteiger partial charge in [0.2, 0.25) is 0 Å². The molecular formula is C19H17N3O3. The predicted molar refractivity (Wildman–Crippen MR) is 93.5 cm³/mol. The molecule has 0 bridgehead atoms. The van der Waals surface area contributed by atoms with Gasteiger partial charge in [0, 0.05) is 23.8 Å². The quantitative estimate of drug-likeness (QED) is 0.372. The maximum absolute atomic E-state index is 12.7. The van der Waals surface area contributed by atoms with Crippen LogP contribution < -0.4 is 0 Å². The number of azo groups is 1. The summed E-state index contributed by atoms with van der Waals surface area (Å²) in [6.07, 6.45) is 1.25. The number of aryl methyl sites for hydroxylation is 2. The number of imide groups is 1. The normalized spacial score (nSPS) is 14.9. The monoisotopic (exact) mass is 335 g/mol. The minimum atomic E-state index is -0.429. The average Bonchev–Trinajstić information content (AvgIpc) is 2.84. The van der Waals surface area contributed by atoms with Gasteiger partial charge in [0.1, 0.15) is 5.69 Å². The Labute approximate surface area is 145 Å². The van der Waals surface area contributed by atoms with E-state index >= 15 is 0 Å². The summed E-state index contributed by atoms with van der Waals surface area (Å²) in [5, 5.41) is 16.9. The number of carbonyl (C=O) groups excluding carboxylic acids is 2. The molecule has 6 heteroatoms. The minimum absolute atomic E-state index is 0.201. The van der Waals surface area contributed by atoms with Gasteiger partial charge in [-0.1, -0.05) is 30.3 Å². The summed E-state index contributed by atoms with van der Waals surface area (Å²) in [5.74, 6) is -0.832. The Kier molecular flexibility index (Phi) is 4.19. The third-order valence-electron chi connectivity index (χ3n) is 4.17. The molecule has 0 fully saturated rings. The molecule has 0 saturated carbocycles. The fourth-order valence-corrected chi connectivity index (χ4v) is 2.71. The van der Waals surface area contributed by atoms with Crippen LogP contribution in [0.4, 0.5) is 11.4 Å². The Hall–Kier alpha value is -3.28. The molecule has 1 heterocycles. The molecule has 0 unspecified atom stereocenters. The number of para-hydroxylation sites is 1. The Bertz CT molecular complexity index is 945. The highest BCUT2D eigenvalue weighted by Crippen LogP contribution is 2.34. The zero-order valence-corrected chi connectivity index (χ0v) is 14.2. The van der Waals surface area contributed by atoms with Crippen LogP contribution in [0.15, 0.2) is 53.7 Å². The molecule has 126 valence electrons. The van der Waals surface area contributed by atoms with Crippen LogP contribution in [0.1, 0.15) is 16.7 Å². The Morgan fingerprint density at radius 3 is 2.32 bits per heavy atom. The molecule has 2 aromatic rings. The number of hydrogen-bond donors (Lipinski definition) is 0. The molecular weight excluding hydrogens is 318 g/mol. The first-order chi connectivity index (χ1) is 11.9. The van der Waals surface area contributed by atoms with Crippen LogP contribution >= 0.6 is 0 Å². The lowest BCUT2D eigenvalue weighted by Gasteiger charge is -2.11. The second-order valence-electron chi connectivity index (χ2n) is 5.89. The standard InChI is InChI=1S/C19H17N3O3/c1-12-7-4-5-10-16(12)20-22(25)18-13(2)8-6-9-14(18)15-11-17(23)21(3)19(15)24/h4-11H,1-3H3. The minimum Gasteiger partial charge on any atom is -0.594 e. The molecule has 6 nitrogen and oxygen atoms in total. The van der Waals surface area contributed by atoms with E-state index in [2.05, 4.69) is 5.11 Å². The van der Waals surface area contributed by atoms with Crippen molar-refractivity contribution in [2.24, 2.45) is 5.11 Å². The van der Waals surface area contributed by atoms with E-state index in [1.54, 1.807) is 37.3 Å². The van der Waals surface area contributed by atoms with E-state index in [1.165, 1.54) is 13.1 Å². The molecule has 2 aromatic carbocycles. The van der Waals surface area contributed by atoms with Gasteiger partial charge in [0.05, 0.1) is 11.1 Å². The number of carbonyl (C=O) groups is 2. The van der Waals surface area contributed by atoms with Crippen LogP contribution in [0, 0.1) is 19.1 Å². The van der Waals surface area contributed by atoms with Gasteiger partial charge in [-0.05, 0) is 36.4 Å². The molecule has 1 aliphatic rings. The van der Waals surface area contributed by atoms with Crippen molar-refractivity contribution in [1.82, 2.24) is 4.90 Å². The smallest absolute Gasteiger partial charge is 0.261 e. The highest BCUT2D eigenvalue weighted by Gasteiger charge is 2.32. The van der Waals surface area contributed by atoms with Crippen molar-refractivity contribution in [3.63, 3.8) is 0 Å². The molecule has 0 spiro atoms. The van der Waals surface area contributed by atoms with E-state index in [4.69, 9.17) is 0 Å². The molecule has 0 aliphatic carbocycles. The molecule has 0 atom stereocenters. The number of nitrogens with zero attached hydrogens (tertiary/aromatic N) is 3. The SMILES string of the molecule is Cc1ccccc1N=[N+]([O-])c1c(C)cccc1C1=CC(=O)N(C)C1=O. The highest BCUT2D eigenvalue weighted by atomic mass is 16.5. The van der Waals surface area contributed by atoms with Gasteiger partial charge in [-0.15, -0.1) is 0 Å². The Morgan fingerprint density at radius 2 is 1.68 bits per heavy atom. The van der Waals surface area contributed by atoms with Crippen LogP contribution in [0.25, 0.3) is 5.57 Å². The van der Waals surface area contributed by atoms with E-state index in [0.717, 1.165) is 10.5 Å². The van der Waals surface area contributed by atoms with Gasteiger partial charge in [-0.25, -0.2) is 0 Å². The molecule has 0 saturated heterocycles. The first kappa shape index (κ1) is 16.6. The summed E-state index contributed by atoms with van der Waals surface area (Å²) < 4.78 is 0. The van der Waals surface area contributed by atoms with Crippen LogP contribution in [-0.4, -0.2) is 28.6 Å². The maximum atomic E-state index is 12.7. The van der Waals surface area contributed by atoms with Gasteiger partial charge in [-0.3, -0.25) is 14.5 Å². The summed E-state index contributed by atoms with van der Waals surface area (Å²) >= 11 is 0. The van der Waals surface area contributed by atoms with Crippen LogP contribution in [0.3, 0.4) is 0 Å². The maximum Gasteiger partial charge on any atom is 0.261 e. The topological polar surface area (TPSA) is 75.8 Å². The highest BCUT2D eigenvalue weighted by molar-refractivity contribution is 6.33. The zero-order chi connectivity index (χ0) is 18.1. The summed E-state index contributed by atoms with van der Waals surface area (Å²) in [6.45, 7) is 3.63. The average molecular weight is 335 g/mol. The fraction of sp³-hybridized carbons (Fsp3) is 0.158. The van der Waals surface area contributed by atoms with Gasteiger partial charge in [0.25, 0.3) is 17.5 Å². The number of amides is 2. The number of rotatable bonds is 3. The van der Waals surface area contributed by atoms with Gasteiger partial charge in [0.15, 0.2) is 0 Å². The van der Waals surface area contributed by atoms with Crippen molar-refractivity contribution in [2.45, 2.75) is 13.8 Å². The number of likely N-dealkylation sites (N-methyl/N-ethyl adjacent to an activating group) is 1. The second kappa shape index (κ2) is 6.32. The van der Waals surface area contributed by atoms with Crippen molar-refractivity contribution in [2.75, 3.05) is 7.05 Å². The van der Waals surface area contributed by atoms with Crippen LogP contribution in [0.2, 0.25) is 0 Å². The summed E-state index contributed by atoms with van der Waals surface area (Å²) in [6, 6.07) is 12.4. The van der Waals surface area contributed by atoms with Crippen LogP contribution in [-0.2, 0) is 9.59 Å². The van der Waals surface area contributed by atoms with E-state index in [0.29, 0.717) is 21.7 Å². The van der Waals surface area contributed by atoms with Crippen LogP contribution in [0.5, 0.6) is 0 Å². The van der Waals surface area contributed by atoms with Gasteiger partial charge >= 0.3 is 0 Å². The van der Waals surface area contributed by atoms with Gasteiger partial charge < -0.3 is 5.21 Å². The van der Waals surface area contributed by atoms with Crippen molar-refractivity contribution in [3.8, 4) is 0 Å². The van der Waals surface area contributed by atoms with Crippen molar-refractivity contribution < 1.29 is 14.4 Å². The van der Waals surface area contributed by atoms with E-state index in [1.807, 2.05) is 19.1 Å². The third-order valence-corrected chi connectivity index (χ3v) is 4.17. The Balaban J connectivity index is 2.15. The van der Waals surface area contributed by atoms with Gasteiger partial charge in [-0.2, -0.15) is 0 Å². The second-order valence-corrected chi connectivity index (χ2v) is 5.89. The van der Waals surface area contributed by atoms with E-state index in [9.17, 15) is 14.8 Å². The van der Waals surface area contributed by atoms with Crippen molar-refractivity contribution in [1.29, 1.82) is 0 Å². The number of benzene rings is 2. The predicted octanol–water partition coefficient (Wildman–Crippen LogP) is 3.61. The third kappa shape index (κ3) is 2.94. The first-order valence-corrected chi connectivity index (χ1v) is 7.78. The summed E-state index contributed by atoms with van der Waals surface area (Å²) in [4.78, 5) is 25.6. The lowest BCUT2D eigenvalue weighted by atomic mass is 10.0. The molecule has 3 rings (SSSR count). The van der Waals surface area contributed by atoms with Crippen molar-refractivity contribution in [3.05, 3.63) is 70.4 Å². The summed E-state index contributed by atoms with van der Waals surface area (Å²) in [5.41, 5.74) is 2.94. The largest absolute Gasteiger partial charge is 0.594 e. The molecule has 0 N–H and O–H groups in total. The zero-order valence-electron chi connectivity index (χ0n) is 14.2. The van der Waals surface area contributed by atoms with E-state index < -0.39 is 11.8 Å². The van der Waals surface area contributed by atoms with Crippen molar-refractivity contribution >= 4 is 28.8 Å². The van der Waals surface area contributed by atoms with E-state index in [-0.39, 0.29) is 11.3 Å². The molecule has 25 heavy (non-hydrogen) atoms. The lowest BCUT2D eigenvalue weighted by Crippen LogP contribution is -2.25.